The number of rotatable bonds is 10. The highest BCUT2D eigenvalue weighted by atomic mass is 32.2. The highest BCUT2D eigenvalue weighted by Crippen LogP contribution is 2.42. The highest BCUT2D eigenvalue weighted by Gasteiger charge is 2.42. The van der Waals surface area contributed by atoms with Gasteiger partial charge in [-0.2, -0.15) is 17.5 Å². The molecule has 1 aliphatic carbocycles. The number of benzene rings is 2. The third kappa shape index (κ3) is 7.50. The standard InChI is InChI=1S/C34H46F3N3O3S/c1-26(31-14-5-6-23-40(31)44(42,43)30-13-9-12-29(24-30)34(35,36)37)32(41)38-20-17-27-15-18-33(19-16-27,39-21-7-8-22-39)25-28-10-3-2-4-11-28/h2-4,9-13,24,26-27,31H,5-8,14-23,25H2,1H3,(H,38,41). The van der Waals surface area contributed by atoms with Crippen molar-refractivity contribution in [1.82, 2.24) is 14.5 Å². The maximum Gasteiger partial charge on any atom is 0.416 e. The Hall–Kier alpha value is -2.43. The van der Waals surface area contributed by atoms with E-state index in [1.54, 1.807) is 6.92 Å². The number of sulfonamides is 1. The molecule has 2 atom stereocenters. The number of carbonyl (C=O) groups is 1. The molecule has 0 bridgehead atoms. The fourth-order valence-corrected chi connectivity index (χ4v) is 9.52. The van der Waals surface area contributed by atoms with Crippen LogP contribution in [-0.4, -0.2) is 61.3 Å². The van der Waals surface area contributed by atoms with E-state index in [0.717, 1.165) is 57.1 Å². The first-order valence-corrected chi connectivity index (χ1v) is 17.7. The van der Waals surface area contributed by atoms with Crippen molar-refractivity contribution in [2.24, 2.45) is 11.8 Å². The normalized spacial score (nSPS) is 26.4. The van der Waals surface area contributed by atoms with E-state index < -0.39 is 33.7 Å². The summed E-state index contributed by atoms with van der Waals surface area (Å²) in [6.07, 6.45) is 6.28. The molecule has 2 heterocycles. The van der Waals surface area contributed by atoms with Crippen LogP contribution in [0.1, 0.15) is 82.3 Å². The average Bonchev–Trinajstić information content (AvgIpc) is 3.58. The van der Waals surface area contributed by atoms with Crippen molar-refractivity contribution in [2.75, 3.05) is 26.2 Å². The van der Waals surface area contributed by atoms with Crippen LogP contribution in [0.2, 0.25) is 0 Å². The molecule has 5 rings (SSSR count). The van der Waals surface area contributed by atoms with Gasteiger partial charge >= 0.3 is 6.18 Å². The molecule has 2 saturated heterocycles. The minimum absolute atomic E-state index is 0.185. The van der Waals surface area contributed by atoms with E-state index in [1.165, 1.54) is 41.9 Å². The predicted molar refractivity (Wildman–Crippen MR) is 165 cm³/mol. The lowest BCUT2D eigenvalue weighted by Gasteiger charge is -2.47. The van der Waals surface area contributed by atoms with E-state index in [0.29, 0.717) is 31.4 Å². The number of alkyl halides is 3. The smallest absolute Gasteiger partial charge is 0.356 e. The Morgan fingerprint density at radius 2 is 1.64 bits per heavy atom. The summed E-state index contributed by atoms with van der Waals surface area (Å²) in [4.78, 5) is 15.6. The zero-order chi connectivity index (χ0) is 31.4. The van der Waals surface area contributed by atoms with Gasteiger partial charge in [0.15, 0.2) is 0 Å². The van der Waals surface area contributed by atoms with E-state index in [9.17, 15) is 26.4 Å². The fourth-order valence-electron chi connectivity index (χ4n) is 7.71. The number of nitrogens with one attached hydrogen (secondary N) is 1. The molecule has 0 radical (unpaired) electrons. The fraction of sp³-hybridized carbons (Fsp3) is 0.618. The predicted octanol–water partition coefficient (Wildman–Crippen LogP) is 6.66. The Morgan fingerprint density at radius 3 is 2.32 bits per heavy atom. The van der Waals surface area contributed by atoms with E-state index in [2.05, 4.69) is 40.5 Å². The topological polar surface area (TPSA) is 69.7 Å². The number of hydrogen-bond acceptors (Lipinski definition) is 4. The van der Waals surface area contributed by atoms with Crippen molar-refractivity contribution in [3.63, 3.8) is 0 Å². The summed E-state index contributed by atoms with van der Waals surface area (Å²) in [7, 11) is -4.20. The van der Waals surface area contributed by atoms with Gasteiger partial charge in [0.05, 0.1) is 16.4 Å². The Kier molecular flexibility index (Phi) is 10.4. The van der Waals surface area contributed by atoms with Crippen LogP contribution >= 0.6 is 0 Å². The molecular formula is C34H46F3N3O3S. The molecular weight excluding hydrogens is 587 g/mol. The quantitative estimate of drug-likeness (QED) is 0.318. The van der Waals surface area contributed by atoms with Gasteiger partial charge in [0, 0.05) is 24.7 Å². The maximum absolute atomic E-state index is 13.5. The second-order valence-electron chi connectivity index (χ2n) is 13.1. The van der Waals surface area contributed by atoms with Gasteiger partial charge in [0.2, 0.25) is 15.9 Å². The summed E-state index contributed by atoms with van der Waals surface area (Å²) >= 11 is 0. The van der Waals surface area contributed by atoms with Crippen LogP contribution in [0.3, 0.4) is 0 Å². The maximum atomic E-state index is 13.5. The van der Waals surface area contributed by atoms with Crippen molar-refractivity contribution in [3.8, 4) is 0 Å². The van der Waals surface area contributed by atoms with Gasteiger partial charge in [-0.05, 0) is 107 Å². The summed E-state index contributed by atoms with van der Waals surface area (Å²) in [6.45, 7) is 4.80. The summed E-state index contributed by atoms with van der Waals surface area (Å²) in [5.41, 5.74) is 0.603. The Balaban J connectivity index is 1.16. The average molecular weight is 634 g/mol. The van der Waals surface area contributed by atoms with Crippen molar-refractivity contribution in [3.05, 3.63) is 65.7 Å². The molecule has 1 saturated carbocycles. The minimum Gasteiger partial charge on any atom is -0.356 e. The lowest BCUT2D eigenvalue weighted by atomic mass is 9.71. The number of halogens is 3. The van der Waals surface area contributed by atoms with Crippen LogP contribution in [0.4, 0.5) is 13.2 Å². The third-order valence-electron chi connectivity index (χ3n) is 10.3. The first-order valence-electron chi connectivity index (χ1n) is 16.3. The number of nitrogens with zero attached hydrogens (tertiary/aromatic N) is 2. The lowest BCUT2D eigenvalue weighted by Crippen LogP contribution is -2.51. The number of amides is 1. The monoisotopic (exact) mass is 633 g/mol. The van der Waals surface area contributed by atoms with Crippen molar-refractivity contribution < 1.29 is 26.4 Å². The Morgan fingerprint density at radius 1 is 0.955 bits per heavy atom. The van der Waals surface area contributed by atoms with E-state index in [1.807, 2.05) is 0 Å². The molecule has 242 valence electrons. The number of likely N-dealkylation sites (tertiary alicyclic amines) is 1. The SMILES string of the molecule is CC(C(=O)NCCC1CCC(Cc2ccccc2)(N2CCCC2)CC1)C1CCCCN1S(=O)(=O)c1cccc(C(F)(F)F)c1. The zero-order valence-corrected chi connectivity index (χ0v) is 26.5. The first-order chi connectivity index (χ1) is 21.0. The summed E-state index contributed by atoms with van der Waals surface area (Å²) in [5.74, 6) is -0.284. The molecule has 0 aromatic heterocycles. The summed E-state index contributed by atoms with van der Waals surface area (Å²) < 4.78 is 68.2. The van der Waals surface area contributed by atoms with Gasteiger partial charge in [-0.25, -0.2) is 8.42 Å². The lowest BCUT2D eigenvalue weighted by molar-refractivity contribution is -0.137. The molecule has 6 nitrogen and oxygen atoms in total. The van der Waals surface area contributed by atoms with Crippen molar-refractivity contribution in [2.45, 2.75) is 100 Å². The molecule has 1 amide bonds. The molecule has 3 aliphatic rings. The summed E-state index contributed by atoms with van der Waals surface area (Å²) in [5, 5.41) is 3.06. The molecule has 2 unspecified atom stereocenters. The summed E-state index contributed by atoms with van der Waals surface area (Å²) in [6, 6.07) is 14.1. The van der Waals surface area contributed by atoms with Crippen LogP contribution < -0.4 is 5.32 Å². The molecule has 10 heteroatoms. The molecule has 0 spiro atoms. The number of piperidine rings is 1. The second kappa shape index (κ2) is 13.9. The molecule has 2 aromatic rings. The second-order valence-corrected chi connectivity index (χ2v) is 15.0. The number of carbonyl (C=O) groups excluding carboxylic acids is 1. The molecule has 1 N–H and O–H groups in total. The number of hydrogen-bond donors (Lipinski definition) is 1. The van der Waals surface area contributed by atoms with Crippen molar-refractivity contribution >= 4 is 15.9 Å². The van der Waals surface area contributed by atoms with Crippen LogP contribution in [0.25, 0.3) is 0 Å². The van der Waals surface area contributed by atoms with Gasteiger partial charge < -0.3 is 5.32 Å². The molecule has 2 aliphatic heterocycles. The van der Waals surface area contributed by atoms with Gasteiger partial charge in [-0.15, -0.1) is 0 Å². The van der Waals surface area contributed by atoms with E-state index in [4.69, 9.17) is 0 Å². The highest BCUT2D eigenvalue weighted by molar-refractivity contribution is 7.89. The van der Waals surface area contributed by atoms with Gasteiger partial charge in [-0.3, -0.25) is 9.69 Å². The molecule has 44 heavy (non-hydrogen) atoms. The van der Waals surface area contributed by atoms with Crippen LogP contribution in [0, 0.1) is 11.8 Å². The molecule has 2 aromatic carbocycles. The Labute approximate surface area is 260 Å². The van der Waals surface area contributed by atoms with Crippen molar-refractivity contribution in [1.29, 1.82) is 0 Å². The minimum atomic E-state index is -4.64. The van der Waals surface area contributed by atoms with E-state index >= 15 is 0 Å². The first kappa shape index (κ1) is 32.9. The Bertz CT molecular complexity index is 1350. The van der Waals surface area contributed by atoms with Crippen LogP contribution in [0.5, 0.6) is 0 Å². The van der Waals surface area contributed by atoms with Gasteiger partial charge in [-0.1, -0.05) is 49.7 Å². The van der Waals surface area contributed by atoms with Gasteiger partial charge in [0.1, 0.15) is 0 Å². The van der Waals surface area contributed by atoms with Crippen LogP contribution in [-0.2, 0) is 27.4 Å². The van der Waals surface area contributed by atoms with Crippen LogP contribution in [0.15, 0.2) is 59.5 Å². The largest absolute Gasteiger partial charge is 0.416 e. The molecule has 3 fully saturated rings. The zero-order valence-electron chi connectivity index (χ0n) is 25.7. The van der Waals surface area contributed by atoms with Gasteiger partial charge in [0.25, 0.3) is 0 Å². The third-order valence-corrected chi connectivity index (χ3v) is 12.2. The van der Waals surface area contributed by atoms with E-state index in [-0.39, 0.29) is 22.9 Å².